The van der Waals surface area contributed by atoms with E-state index in [1.165, 1.54) is 0 Å². The van der Waals surface area contributed by atoms with Crippen molar-refractivity contribution in [1.82, 2.24) is 9.55 Å². The van der Waals surface area contributed by atoms with Crippen LogP contribution >= 0.6 is 15.9 Å². The van der Waals surface area contributed by atoms with Gasteiger partial charge in [-0.15, -0.1) is 0 Å². The van der Waals surface area contributed by atoms with Crippen LogP contribution in [0.3, 0.4) is 0 Å². The molecule has 25 heavy (non-hydrogen) atoms. The van der Waals surface area contributed by atoms with Gasteiger partial charge >= 0.3 is 0 Å². The van der Waals surface area contributed by atoms with Gasteiger partial charge in [-0.2, -0.15) is 0 Å². The highest BCUT2D eigenvalue weighted by atomic mass is 79.9. The molecule has 1 heterocycles. The number of hydrogen-bond donors (Lipinski definition) is 0. The van der Waals surface area contributed by atoms with E-state index in [1.807, 2.05) is 36.4 Å². The molecule has 0 N–H and O–H groups in total. The van der Waals surface area contributed by atoms with Crippen molar-refractivity contribution in [2.45, 2.75) is 19.9 Å². The highest BCUT2D eigenvalue weighted by Crippen LogP contribution is 2.18. The van der Waals surface area contributed by atoms with E-state index >= 15 is 0 Å². The fourth-order valence-corrected chi connectivity index (χ4v) is 2.77. The quantitative estimate of drug-likeness (QED) is 0.598. The van der Waals surface area contributed by atoms with Crippen LogP contribution in [-0.2, 0) is 6.54 Å². The van der Waals surface area contributed by atoms with Crippen LogP contribution in [0, 0.1) is 0 Å². The van der Waals surface area contributed by atoms with E-state index in [0.717, 1.165) is 22.4 Å². The molecule has 0 spiro atoms. The van der Waals surface area contributed by atoms with Crippen LogP contribution in [0.25, 0.3) is 10.9 Å². The topological polar surface area (TPSA) is 53.4 Å². The van der Waals surface area contributed by atoms with Gasteiger partial charge in [0, 0.05) is 4.47 Å². The molecule has 0 aliphatic carbocycles. The average molecular weight is 403 g/mol. The fraction of sp³-hybridized carbons (Fsp3) is 0.263. The molecule has 0 saturated carbocycles. The van der Waals surface area contributed by atoms with Crippen molar-refractivity contribution in [2.75, 3.05) is 13.2 Å². The number of hydrogen-bond acceptors (Lipinski definition) is 4. The summed E-state index contributed by atoms with van der Waals surface area (Å²) in [7, 11) is 0. The lowest BCUT2D eigenvalue weighted by Gasteiger charge is -2.10. The lowest BCUT2D eigenvalue weighted by atomic mass is 10.2. The van der Waals surface area contributed by atoms with Crippen LogP contribution in [0.15, 0.2) is 58.1 Å². The number of ether oxygens (including phenoxy) is 2. The highest BCUT2D eigenvalue weighted by molar-refractivity contribution is 9.10. The molecule has 0 aliphatic rings. The van der Waals surface area contributed by atoms with Gasteiger partial charge in [0.05, 0.1) is 30.4 Å². The van der Waals surface area contributed by atoms with Crippen molar-refractivity contribution in [3.8, 4) is 11.5 Å². The van der Waals surface area contributed by atoms with E-state index in [1.54, 1.807) is 17.0 Å². The Hall–Kier alpha value is -2.34. The molecule has 0 saturated heterocycles. The second kappa shape index (κ2) is 8.16. The normalized spacial score (nSPS) is 10.8. The van der Waals surface area contributed by atoms with Crippen LogP contribution in [0.4, 0.5) is 0 Å². The summed E-state index contributed by atoms with van der Waals surface area (Å²) in [6, 6.07) is 13.0. The first-order valence-electron chi connectivity index (χ1n) is 8.18. The Kier molecular flexibility index (Phi) is 5.71. The lowest BCUT2D eigenvalue weighted by Crippen LogP contribution is -2.23. The predicted octanol–water partition coefficient (Wildman–Crippen LogP) is 4.03. The summed E-state index contributed by atoms with van der Waals surface area (Å²) in [6.45, 7) is 3.59. The molecular weight excluding hydrogens is 384 g/mol. The zero-order valence-corrected chi connectivity index (χ0v) is 15.5. The van der Waals surface area contributed by atoms with Gasteiger partial charge in [-0.05, 0) is 48.9 Å². The predicted molar refractivity (Wildman–Crippen MR) is 101 cm³/mol. The standard InChI is InChI=1S/C19H19BrN2O3/c1-2-10-24-15-4-6-16(7-5-15)25-11-9-22-13-21-18-8-3-14(20)12-17(18)19(22)23/h3-8,12-13H,2,9-11H2,1H3. The van der Waals surface area contributed by atoms with E-state index in [9.17, 15) is 4.79 Å². The third-order valence-electron chi connectivity index (χ3n) is 3.68. The zero-order valence-electron chi connectivity index (χ0n) is 13.9. The number of fused-ring (bicyclic) bond motifs is 1. The Balaban J connectivity index is 1.63. The van der Waals surface area contributed by atoms with Crippen LogP contribution in [0.5, 0.6) is 11.5 Å². The number of halogens is 1. The minimum Gasteiger partial charge on any atom is -0.494 e. The SMILES string of the molecule is CCCOc1ccc(OCCn2cnc3ccc(Br)cc3c2=O)cc1. The van der Waals surface area contributed by atoms with Gasteiger partial charge in [-0.1, -0.05) is 22.9 Å². The van der Waals surface area contributed by atoms with Crippen molar-refractivity contribution in [3.05, 3.63) is 63.6 Å². The van der Waals surface area contributed by atoms with E-state index in [2.05, 4.69) is 27.8 Å². The molecule has 0 unspecified atom stereocenters. The van der Waals surface area contributed by atoms with E-state index in [-0.39, 0.29) is 5.56 Å². The number of nitrogens with zero attached hydrogens (tertiary/aromatic N) is 2. The summed E-state index contributed by atoms with van der Waals surface area (Å²) < 4.78 is 13.7. The molecule has 6 heteroatoms. The molecule has 3 aromatic rings. The van der Waals surface area contributed by atoms with E-state index in [4.69, 9.17) is 9.47 Å². The zero-order chi connectivity index (χ0) is 17.6. The van der Waals surface area contributed by atoms with Crippen molar-refractivity contribution >= 4 is 26.8 Å². The smallest absolute Gasteiger partial charge is 0.261 e. The largest absolute Gasteiger partial charge is 0.494 e. The molecule has 1 aromatic heterocycles. The second-order valence-corrected chi connectivity index (χ2v) is 6.49. The molecule has 0 radical (unpaired) electrons. The monoisotopic (exact) mass is 402 g/mol. The maximum Gasteiger partial charge on any atom is 0.261 e. The first kappa shape index (κ1) is 17.5. The summed E-state index contributed by atoms with van der Waals surface area (Å²) in [4.78, 5) is 16.8. The molecule has 3 rings (SSSR count). The average Bonchev–Trinajstić information content (AvgIpc) is 2.63. The van der Waals surface area contributed by atoms with Gasteiger partial charge in [-0.3, -0.25) is 9.36 Å². The minimum absolute atomic E-state index is 0.0711. The molecule has 0 aliphatic heterocycles. The molecule has 130 valence electrons. The molecule has 0 atom stereocenters. The van der Waals surface area contributed by atoms with Gasteiger partial charge in [0.25, 0.3) is 5.56 Å². The fourth-order valence-electron chi connectivity index (χ4n) is 2.40. The molecule has 0 bridgehead atoms. The number of aromatic nitrogens is 2. The summed E-state index contributed by atoms with van der Waals surface area (Å²) in [5.41, 5.74) is 0.617. The van der Waals surface area contributed by atoms with Gasteiger partial charge in [-0.25, -0.2) is 4.98 Å². The highest BCUT2D eigenvalue weighted by Gasteiger charge is 2.05. The Morgan fingerprint density at radius 1 is 1.04 bits per heavy atom. The van der Waals surface area contributed by atoms with Crippen molar-refractivity contribution < 1.29 is 9.47 Å². The maximum absolute atomic E-state index is 12.5. The Labute approximate surface area is 154 Å². The maximum atomic E-state index is 12.5. The van der Waals surface area contributed by atoms with E-state index in [0.29, 0.717) is 30.7 Å². The summed E-state index contributed by atoms with van der Waals surface area (Å²) >= 11 is 3.38. The summed E-state index contributed by atoms with van der Waals surface area (Å²) in [5, 5.41) is 0.592. The van der Waals surface area contributed by atoms with Gasteiger partial charge in [0.15, 0.2) is 0 Å². The van der Waals surface area contributed by atoms with Gasteiger partial charge < -0.3 is 9.47 Å². The van der Waals surface area contributed by atoms with E-state index < -0.39 is 0 Å². The molecule has 2 aromatic carbocycles. The first-order valence-corrected chi connectivity index (χ1v) is 8.97. The van der Waals surface area contributed by atoms with Crippen LogP contribution in [0.1, 0.15) is 13.3 Å². The number of rotatable bonds is 7. The minimum atomic E-state index is -0.0711. The van der Waals surface area contributed by atoms with Crippen LogP contribution in [-0.4, -0.2) is 22.8 Å². The Morgan fingerprint density at radius 3 is 2.40 bits per heavy atom. The first-order chi connectivity index (χ1) is 12.2. The second-order valence-electron chi connectivity index (χ2n) is 5.57. The third kappa shape index (κ3) is 4.39. The van der Waals surface area contributed by atoms with Gasteiger partial charge in [0.1, 0.15) is 18.1 Å². The molecule has 0 amide bonds. The van der Waals surface area contributed by atoms with Gasteiger partial charge in [0.2, 0.25) is 0 Å². The molecule has 5 nitrogen and oxygen atoms in total. The van der Waals surface area contributed by atoms with Crippen LogP contribution < -0.4 is 15.0 Å². The van der Waals surface area contributed by atoms with Crippen molar-refractivity contribution in [2.24, 2.45) is 0 Å². The summed E-state index contributed by atoms with van der Waals surface area (Å²) in [6.07, 6.45) is 2.53. The third-order valence-corrected chi connectivity index (χ3v) is 4.18. The van der Waals surface area contributed by atoms with Crippen molar-refractivity contribution in [1.29, 1.82) is 0 Å². The van der Waals surface area contributed by atoms with Crippen LogP contribution in [0.2, 0.25) is 0 Å². The molecular formula is C19H19BrN2O3. The molecule has 0 fully saturated rings. The Morgan fingerprint density at radius 2 is 1.72 bits per heavy atom. The Bertz CT molecular complexity index is 907. The van der Waals surface area contributed by atoms with Crippen molar-refractivity contribution in [3.63, 3.8) is 0 Å². The number of benzene rings is 2. The summed E-state index contributed by atoms with van der Waals surface area (Å²) in [5.74, 6) is 1.57. The lowest BCUT2D eigenvalue weighted by molar-refractivity contribution is 0.293.